The van der Waals surface area contributed by atoms with Crippen LogP contribution in [0.3, 0.4) is 0 Å². The molecule has 0 radical (unpaired) electrons. The smallest absolute Gasteiger partial charge is 0.236 e. The van der Waals surface area contributed by atoms with E-state index in [9.17, 15) is 19.5 Å². The number of Topliss-reactive ketones (excluding diaryl/α,β-unsaturated/α-hetero) is 2. The summed E-state index contributed by atoms with van der Waals surface area (Å²) in [7, 11) is 1.85. The summed E-state index contributed by atoms with van der Waals surface area (Å²) in [4.78, 5) is 36.3. The molecule has 188 valence electrons. The molecule has 0 unspecified atom stereocenters. The van der Waals surface area contributed by atoms with Gasteiger partial charge in [-0.2, -0.15) is 0 Å². The van der Waals surface area contributed by atoms with E-state index in [0.29, 0.717) is 12.8 Å². The quantitative estimate of drug-likeness (QED) is 0.144. The fourth-order valence-electron chi connectivity index (χ4n) is 2.98. The van der Waals surface area contributed by atoms with E-state index >= 15 is 0 Å². The van der Waals surface area contributed by atoms with Crippen LogP contribution in [0.5, 0.6) is 5.75 Å². The number of amides is 1. The number of nitrogens with two attached hydrogens (primary N) is 2. The Morgan fingerprint density at radius 3 is 2.09 bits per heavy atom. The summed E-state index contributed by atoms with van der Waals surface area (Å²) in [6.07, 6.45) is 2.46. The highest BCUT2D eigenvalue weighted by molar-refractivity contribution is 5.89. The van der Waals surface area contributed by atoms with E-state index in [1.807, 2.05) is 20.9 Å². The molecule has 10 nitrogen and oxygen atoms in total. The number of nitrogens with one attached hydrogen (secondary N) is 3. The number of primary amides is 1. The normalized spacial score (nSPS) is 13.4. The van der Waals surface area contributed by atoms with Crippen LogP contribution in [0.2, 0.25) is 0 Å². The van der Waals surface area contributed by atoms with Gasteiger partial charge in [0.15, 0.2) is 11.6 Å². The van der Waals surface area contributed by atoms with E-state index in [-0.39, 0.29) is 30.4 Å². The minimum Gasteiger partial charge on any atom is -0.508 e. The predicted octanol–water partition coefficient (Wildman–Crippen LogP) is -0.790. The third kappa shape index (κ3) is 13.1. The zero-order valence-electron chi connectivity index (χ0n) is 20.0. The molecule has 0 heterocycles. The Morgan fingerprint density at radius 2 is 1.55 bits per heavy atom. The molecular formula is C23H41N5O5. The molecule has 0 aliphatic carbocycles. The molecule has 1 aromatic rings. The topological polar surface area (TPSA) is 180 Å². The Morgan fingerprint density at radius 1 is 0.970 bits per heavy atom. The zero-order chi connectivity index (χ0) is 25.2. The molecule has 0 saturated carbocycles. The maximum absolute atomic E-state index is 12.6. The molecule has 0 aliphatic rings. The Labute approximate surface area is 196 Å². The van der Waals surface area contributed by atoms with Gasteiger partial charge in [0.05, 0.1) is 31.8 Å². The van der Waals surface area contributed by atoms with Crippen molar-refractivity contribution in [3.8, 4) is 5.75 Å². The van der Waals surface area contributed by atoms with Crippen LogP contribution in [0.1, 0.15) is 38.7 Å². The SMILES string of the molecule is CC.CNCCCC[C@H](NCC(=O)[C@@H](N)Cc1ccc(O)cc1)C(=O)CN[C@@H](CO)C(N)=O. The van der Waals surface area contributed by atoms with Crippen molar-refractivity contribution >= 4 is 17.5 Å². The molecule has 0 aliphatic heterocycles. The number of unbranched alkanes of at least 4 members (excludes halogenated alkanes) is 1. The maximum atomic E-state index is 12.6. The summed E-state index contributed by atoms with van der Waals surface area (Å²) in [5, 5.41) is 27.2. The molecule has 9 N–H and O–H groups in total. The van der Waals surface area contributed by atoms with Crippen LogP contribution < -0.4 is 27.4 Å². The Hall–Kier alpha value is -2.37. The van der Waals surface area contributed by atoms with Gasteiger partial charge in [-0.1, -0.05) is 32.4 Å². The summed E-state index contributed by atoms with van der Waals surface area (Å²) in [5.41, 5.74) is 12.0. The Balaban J connectivity index is 0.00000497. The number of rotatable bonds is 17. The highest BCUT2D eigenvalue weighted by atomic mass is 16.3. The van der Waals surface area contributed by atoms with Crippen LogP contribution in [0.25, 0.3) is 0 Å². The molecule has 1 aromatic carbocycles. The van der Waals surface area contributed by atoms with Crippen molar-refractivity contribution < 1.29 is 24.6 Å². The van der Waals surface area contributed by atoms with Gasteiger partial charge >= 0.3 is 0 Å². The molecule has 10 heteroatoms. The number of phenols is 1. The molecular weight excluding hydrogens is 426 g/mol. The molecule has 1 amide bonds. The second-order valence-electron chi connectivity index (χ2n) is 7.46. The largest absolute Gasteiger partial charge is 0.508 e. The summed E-state index contributed by atoms with van der Waals surface area (Å²) >= 11 is 0. The van der Waals surface area contributed by atoms with E-state index < -0.39 is 30.6 Å². The lowest BCUT2D eigenvalue weighted by molar-refractivity contribution is -0.122. The third-order valence-corrected chi connectivity index (χ3v) is 4.94. The maximum Gasteiger partial charge on any atom is 0.236 e. The number of benzene rings is 1. The van der Waals surface area contributed by atoms with Crippen LogP contribution in [-0.4, -0.2) is 79.1 Å². The van der Waals surface area contributed by atoms with E-state index in [4.69, 9.17) is 16.6 Å². The summed E-state index contributed by atoms with van der Waals surface area (Å²) < 4.78 is 0. The average Bonchev–Trinajstić information content (AvgIpc) is 2.81. The Kier molecular flexibility index (Phi) is 16.8. The molecule has 33 heavy (non-hydrogen) atoms. The highest BCUT2D eigenvalue weighted by Crippen LogP contribution is 2.11. The number of hydrogen-bond donors (Lipinski definition) is 7. The summed E-state index contributed by atoms with van der Waals surface area (Å²) in [5.74, 6) is -1.08. The van der Waals surface area contributed by atoms with Crippen molar-refractivity contribution in [2.75, 3.05) is 33.3 Å². The minimum atomic E-state index is -1.01. The lowest BCUT2D eigenvalue weighted by atomic mass is 10.0. The van der Waals surface area contributed by atoms with Gasteiger partial charge in [0.25, 0.3) is 0 Å². The van der Waals surface area contributed by atoms with Gasteiger partial charge in [0.1, 0.15) is 11.8 Å². The monoisotopic (exact) mass is 467 g/mol. The van der Waals surface area contributed by atoms with Crippen LogP contribution in [0.15, 0.2) is 24.3 Å². The van der Waals surface area contributed by atoms with Crippen LogP contribution in [0, 0.1) is 0 Å². The molecule has 1 rings (SSSR count). The number of ketones is 2. The fraction of sp³-hybridized carbons (Fsp3) is 0.609. The van der Waals surface area contributed by atoms with Crippen molar-refractivity contribution in [3.63, 3.8) is 0 Å². The third-order valence-electron chi connectivity index (χ3n) is 4.94. The summed E-state index contributed by atoms with van der Waals surface area (Å²) in [6.45, 7) is 4.07. The van der Waals surface area contributed by atoms with E-state index in [1.54, 1.807) is 12.1 Å². The molecule has 0 aromatic heterocycles. The number of aliphatic hydroxyl groups is 1. The highest BCUT2D eigenvalue weighted by Gasteiger charge is 2.22. The second kappa shape index (κ2) is 18.1. The average molecular weight is 468 g/mol. The number of aromatic hydroxyl groups is 1. The van der Waals surface area contributed by atoms with E-state index in [1.165, 1.54) is 12.1 Å². The van der Waals surface area contributed by atoms with Gasteiger partial charge in [-0.05, 0) is 50.6 Å². The van der Waals surface area contributed by atoms with Crippen molar-refractivity contribution in [1.82, 2.24) is 16.0 Å². The first-order valence-electron chi connectivity index (χ1n) is 11.4. The molecule has 0 spiro atoms. The molecule has 3 atom stereocenters. The lowest BCUT2D eigenvalue weighted by Crippen LogP contribution is -2.50. The van der Waals surface area contributed by atoms with Gasteiger partial charge in [0, 0.05) is 0 Å². The molecule has 0 saturated heterocycles. The van der Waals surface area contributed by atoms with E-state index in [0.717, 1.165) is 24.9 Å². The minimum absolute atomic E-state index is 0.0685. The van der Waals surface area contributed by atoms with Gasteiger partial charge in [-0.15, -0.1) is 0 Å². The van der Waals surface area contributed by atoms with Gasteiger partial charge in [0.2, 0.25) is 5.91 Å². The molecule has 0 fully saturated rings. The first-order chi connectivity index (χ1) is 15.8. The van der Waals surface area contributed by atoms with Crippen LogP contribution >= 0.6 is 0 Å². The number of carbonyl (C=O) groups is 3. The molecule has 0 bridgehead atoms. The number of hydrogen-bond acceptors (Lipinski definition) is 9. The lowest BCUT2D eigenvalue weighted by Gasteiger charge is -2.20. The van der Waals surface area contributed by atoms with E-state index in [2.05, 4.69) is 16.0 Å². The number of phenolic OH excluding ortho intramolecular Hbond substituents is 1. The fourth-order valence-corrected chi connectivity index (χ4v) is 2.98. The van der Waals surface area contributed by atoms with Crippen molar-refractivity contribution in [2.45, 2.75) is 57.7 Å². The van der Waals surface area contributed by atoms with Gasteiger partial charge in [-0.25, -0.2) is 0 Å². The van der Waals surface area contributed by atoms with Crippen molar-refractivity contribution in [3.05, 3.63) is 29.8 Å². The second-order valence-corrected chi connectivity index (χ2v) is 7.46. The first kappa shape index (κ1) is 30.6. The standard InChI is InChI=1S/C21H35N5O5.C2H6/c1-24-9-3-2-4-17(20(30)12-26-18(13-27)21(23)31)25-11-19(29)16(22)10-14-5-7-15(28)8-6-14;1-2/h5-8,16-18,24-28H,2-4,9-13,22H2,1H3,(H2,23,31);1-2H3/t16-,17-,18-;/m0./s1. The van der Waals surface area contributed by atoms with Crippen LogP contribution in [-0.2, 0) is 20.8 Å². The zero-order valence-corrected chi connectivity index (χ0v) is 20.0. The van der Waals surface area contributed by atoms with Gasteiger partial charge < -0.3 is 32.3 Å². The number of carbonyl (C=O) groups excluding carboxylic acids is 3. The summed E-state index contributed by atoms with van der Waals surface area (Å²) in [6, 6.07) is 4.12. The van der Waals surface area contributed by atoms with Crippen molar-refractivity contribution in [1.29, 1.82) is 0 Å². The number of aliphatic hydroxyl groups excluding tert-OH is 1. The van der Waals surface area contributed by atoms with Crippen LogP contribution in [0.4, 0.5) is 0 Å². The Bertz CT molecular complexity index is 699. The van der Waals surface area contributed by atoms with Crippen molar-refractivity contribution in [2.24, 2.45) is 11.5 Å². The van der Waals surface area contributed by atoms with Gasteiger partial charge in [-0.3, -0.25) is 19.7 Å². The predicted molar refractivity (Wildman–Crippen MR) is 129 cm³/mol. The first-order valence-corrected chi connectivity index (χ1v) is 11.4.